The van der Waals surface area contributed by atoms with E-state index in [9.17, 15) is 0 Å². The molecular formula is C13H29NO. The van der Waals surface area contributed by atoms with Crippen molar-refractivity contribution in [1.29, 1.82) is 0 Å². The zero-order valence-electron chi connectivity index (χ0n) is 11.3. The SMILES string of the molecule is CCCNC(C(C)C)C(COC)C(C)C. The van der Waals surface area contributed by atoms with E-state index in [1.807, 2.05) is 0 Å². The first-order chi connectivity index (χ1) is 7.04. The average Bonchev–Trinajstić information content (AvgIpc) is 2.16. The van der Waals surface area contributed by atoms with Crippen molar-refractivity contribution >= 4 is 0 Å². The van der Waals surface area contributed by atoms with Gasteiger partial charge >= 0.3 is 0 Å². The first kappa shape index (κ1) is 14.9. The third-order valence-electron chi connectivity index (χ3n) is 3.02. The van der Waals surface area contributed by atoms with Crippen molar-refractivity contribution in [2.24, 2.45) is 17.8 Å². The number of hydrogen-bond acceptors (Lipinski definition) is 2. The van der Waals surface area contributed by atoms with E-state index < -0.39 is 0 Å². The Morgan fingerprint density at radius 3 is 2.00 bits per heavy atom. The molecular weight excluding hydrogens is 186 g/mol. The van der Waals surface area contributed by atoms with Crippen molar-refractivity contribution in [3.05, 3.63) is 0 Å². The first-order valence-electron chi connectivity index (χ1n) is 6.26. The normalized spacial score (nSPS) is 16.0. The van der Waals surface area contributed by atoms with E-state index in [0.717, 1.165) is 13.2 Å². The molecule has 0 aromatic heterocycles. The molecule has 1 N–H and O–H groups in total. The van der Waals surface area contributed by atoms with E-state index in [0.29, 0.717) is 23.8 Å². The van der Waals surface area contributed by atoms with E-state index in [1.54, 1.807) is 7.11 Å². The minimum Gasteiger partial charge on any atom is -0.384 e. The molecule has 0 radical (unpaired) electrons. The summed E-state index contributed by atoms with van der Waals surface area (Å²) in [5.74, 6) is 1.95. The molecule has 2 nitrogen and oxygen atoms in total. The summed E-state index contributed by atoms with van der Waals surface area (Å²) in [6, 6.07) is 0.574. The fourth-order valence-corrected chi connectivity index (χ4v) is 2.10. The Hall–Kier alpha value is -0.0800. The quantitative estimate of drug-likeness (QED) is 0.672. The Labute approximate surface area is 95.8 Å². The van der Waals surface area contributed by atoms with Crippen LogP contribution in [0.25, 0.3) is 0 Å². The summed E-state index contributed by atoms with van der Waals surface area (Å²) in [7, 11) is 1.80. The van der Waals surface area contributed by atoms with Gasteiger partial charge in [0.1, 0.15) is 0 Å². The van der Waals surface area contributed by atoms with Gasteiger partial charge in [-0.25, -0.2) is 0 Å². The van der Waals surface area contributed by atoms with Gasteiger partial charge in [0, 0.05) is 19.1 Å². The lowest BCUT2D eigenvalue weighted by Gasteiger charge is -2.33. The first-order valence-corrected chi connectivity index (χ1v) is 6.26. The number of ether oxygens (including phenoxy) is 1. The fourth-order valence-electron chi connectivity index (χ4n) is 2.10. The van der Waals surface area contributed by atoms with Crippen LogP contribution in [0, 0.1) is 17.8 Å². The predicted molar refractivity (Wildman–Crippen MR) is 67.1 cm³/mol. The van der Waals surface area contributed by atoms with Crippen LogP contribution in [-0.4, -0.2) is 26.3 Å². The molecule has 0 amide bonds. The highest BCUT2D eigenvalue weighted by atomic mass is 16.5. The largest absolute Gasteiger partial charge is 0.384 e. The van der Waals surface area contributed by atoms with Gasteiger partial charge in [-0.1, -0.05) is 34.6 Å². The summed E-state index contributed by atoms with van der Waals surface area (Å²) in [5.41, 5.74) is 0. The third kappa shape index (κ3) is 5.53. The summed E-state index contributed by atoms with van der Waals surface area (Å²) in [4.78, 5) is 0. The van der Waals surface area contributed by atoms with Crippen LogP contribution in [0.1, 0.15) is 41.0 Å². The molecule has 0 aliphatic carbocycles. The predicted octanol–water partition coefficient (Wildman–Crippen LogP) is 2.93. The highest BCUT2D eigenvalue weighted by Gasteiger charge is 2.26. The summed E-state index contributed by atoms with van der Waals surface area (Å²) < 4.78 is 5.34. The fraction of sp³-hybridized carbons (Fsp3) is 1.00. The Morgan fingerprint density at radius 2 is 1.67 bits per heavy atom. The van der Waals surface area contributed by atoms with Crippen LogP contribution in [-0.2, 0) is 4.74 Å². The van der Waals surface area contributed by atoms with Gasteiger partial charge in [-0.15, -0.1) is 0 Å². The molecule has 0 heterocycles. The summed E-state index contributed by atoms with van der Waals surface area (Å²) in [6.45, 7) is 13.3. The van der Waals surface area contributed by atoms with Crippen LogP contribution in [0.15, 0.2) is 0 Å². The third-order valence-corrected chi connectivity index (χ3v) is 3.02. The molecule has 0 spiro atoms. The maximum Gasteiger partial charge on any atom is 0.0507 e. The molecule has 2 atom stereocenters. The average molecular weight is 215 g/mol. The second-order valence-electron chi connectivity index (χ2n) is 5.09. The van der Waals surface area contributed by atoms with Gasteiger partial charge < -0.3 is 10.1 Å². The zero-order chi connectivity index (χ0) is 11.8. The Balaban J connectivity index is 4.37. The second kappa shape index (κ2) is 8.12. The highest BCUT2D eigenvalue weighted by molar-refractivity contribution is 4.81. The van der Waals surface area contributed by atoms with Crippen molar-refractivity contribution in [1.82, 2.24) is 5.32 Å². The van der Waals surface area contributed by atoms with E-state index in [-0.39, 0.29) is 0 Å². The molecule has 2 unspecified atom stereocenters. The Morgan fingerprint density at radius 1 is 1.07 bits per heavy atom. The Bertz CT molecular complexity index is 145. The van der Waals surface area contributed by atoms with Crippen LogP contribution >= 0.6 is 0 Å². The summed E-state index contributed by atoms with van der Waals surface area (Å²) in [6.07, 6.45) is 1.20. The molecule has 0 rings (SSSR count). The van der Waals surface area contributed by atoms with Crippen LogP contribution in [0.2, 0.25) is 0 Å². The summed E-state index contributed by atoms with van der Waals surface area (Å²) in [5, 5.41) is 3.66. The van der Waals surface area contributed by atoms with Gasteiger partial charge in [0.05, 0.1) is 6.61 Å². The van der Waals surface area contributed by atoms with Crippen LogP contribution < -0.4 is 5.32 Å². The van der Waals surface area contributed by atoms with Gasteiger partial charge in [0.2, 0.25) is 0 Å². The highest BCUT2D eigenvalue weighted by Crippen LogP contribution is 2.21. The van der Waals surface area contributed by atoms with Crippen LogP contribution in [0.3, 0.4) is 0 Å². The topological polar surface area (TPSA) is 21.3 Å². The number of hydrogen-bond donors (Lipinski definition) is 1. The summed E-state index contributed by atoms with van der Waals surface area (Å²) >= 11 is 0. The molecule has 0 aliphatic heterocycles. The molecule has 0 bridgehead atoms. The minimum atomic E-state index is 0.574. The molecule has 92 valence electrons. The van der Waals surface area contributed by atoms with Crippen LogP contribution in [0.4, 0.5) is 0 Å². The molecule has 0 saturated carbocycles. The molecule has 2 heteroatoms. The molecule has 15 heavy (non-hydrogen) atoms. The van der Waals surface area contributed by atoms with Gasteiger partial charge in [-0.05, 0) is 24.8 Å². The molecule has 0 aliphatic rings. The lowest BCUT2D eigenvalue weighted by atomic mass is 9.83. The van der Waals surface area contributed by atoms with Crippen molar-refractivity contribution in [2.45, 2.75) is 47.1 Å². The van der Waals surface area contributed by atoms with E-state index in [4.69, 9.17) is 4.74 Å². The lowest BCUT2D eigenvalue weighted by molar-refractivity contribution is 0.0903. The molecule has 0 fully saturated rings. The Kier molecular flexibility index (Phi) is 8.07. The minimum absolute atomic E-state index is 0.574. The van der Waals surface area contributed by atoms with Crippen molar-refractivity contribution in [3.63, 3.8) is 0 Å². The second-order valence-corrected chi connectivity index (χ2v) is 5.09. The smallest absolute Gasteiger partial charge is 0.0507 e. The molecule has 0 saturated heterocycles. The standard InChI is InChI=1S/C13H29NO/c1-7-8-14-13(11(4)5)12(9-15-6)10(2)3/h10-14H,7-9H2,1-6H3. The van der Waals surface area contributed by atoms with Crippen molar-refractivity contribution in [2.75, 3.05) is 20.3 Å². The van der Waals surface area contributed by atoms with Crippen molar-refractivity contribution in [3.8, 4) is 0 Å². The maximum absolute atomic E-state index is 5.34. The lowest BCUT2D eigenvalue weighted by Crippen LogP contribution is -2.44. The molecule has 0 aromatic carbocycles. The van der Waals surface area contributed by atoms with Gasteiger partial charge in [0.15, 0.2) is 0 Å². The zero-order valence-corrected chi connectivity index (χ0v) is 11.3. The van der Waals surface area contributed by atoms with Gasteiger partial charge in [-0.3, -0.25) is 0 Å². The van der Waals surface area contributed by atoms with E-state index in [2.05, 4.69) is 39.9 Å². The maximum atomic E-state index is 5.34. The number of methoxy groups -OCH3 is 1. The number of rotatable bonds is 8. The monoisotopic (exact) mass is 215 g/mol. The van der Waals surface area contributed by atoms with Crippen molar-refractivity contribution < 1.29 is 4.74 Å². The molecule has 0 aromatic rings. The van der Waals surface area contributed by atoms with Gasteiger partial charge in [0.25, 0.3) is 0 Å². The number of nitrogens with one attached hydrogen (secondary N) is 1. The van der Waals surface area contributed by atoms with E-state index >= 15 is 0 Å². The van der Waals surface area contributed by atoms with Gasteiger partial charge in [-0.2, -0.15) is 0 Å². The van der Waals surface area contributed by atoms with E-state index in [1.165, 1.54) is 6.42 Å². The van der Waals surface area contributed by atoms with Crippen LogP contribution in [0.5, 0.6) is 0 Å².